The third-order valence-electron chi connectivity index (χ3n) is 5.70. The zero-order chi connectivity index (χ0) is 18.8. The van der Waals surface area contributed by atoms with Crippen LogP contribution in [0.15, 0.2) is 0 Å². The molecule has 3 rings (SSSR count). The van der Waals surface area contributed by atoms with E-state index < -0.39 is 0 Å². The topological polar surface area (TPSA) is 81.0 Å². The Morgan fingerprint density at radius 1 is 1.08 bits per heavy atom. The minimum absolute atomic E-state index is 0.0715. The number of nitro groups is 1. The third-order valence-corrected chi connectivity index (χ3v) is 6.76. The van der Waals surface area contributed by atoms with Crippen LogP contribution in [0.5, 0.6) is 0 Å². The Balaban J connectivity index is 1.84. The number of aromatic nitrogens is 1. The summed E-state index contributed by atoms with van der Waals surface area (Å²) in [5.74, 6) is 1.41. The van der Waals surface area contributed by atoms with E-state index in [0.717, 1.165) is 32.5 Å². The van der Waals surface area contributed by atoms with E-state index in [2.05, 4.69) is 23.7 Å². The first-order valence-corrected chi connectivity index (χ1v) is 9.97. The van der Waals surface area contributed by atoms with Crippen molar-refractivity contribution in [1.29, 1.82) is 0 Å². The first kappa shape index (κ1) is 19.3. The van der Waals surface area contributed by atoms with Crippen LogP contribution in [-0.4, -0.2) is 62.5 Å². The number of hydrogen-bond donors (Lipinski definition) is 0. The molecule has 0 aliphatic carbocycles. The molecule has 0 aromatic carbocycles. The van der Waals surface area contributed by atoms with Crippen molar-refractivity contribution in [2.45, 2.75) is 38.9 Å². The number of hydrogen-bond acceptors (Lipinski definition) is 8. The summed E-state index contributed by atoms with van der Waals surface area (Å²) in [6.45, 7) is 7.32. The lowest BCUT2D eigenvalue weighted by atomic mass is 9.96. The summed E-state index contributed by atoms with van der Waals surface area (Å²) in [4.78, 5) is 20.1. The van der Waals surface area contributed by atoms with Crippen LogP contribution in [0.25, 0.3) is 0 Å². The van der Waals surface area contributed by atoms with Gasteiger partial charge in [0.2, 0.25) is 5.82 Å². The number of nitrogens with zero attached hydrogens (tertiary/aromatic N) is 4. The predicted octanol–water partition coefficient (Wildman–Crippen LogP) is 2.77. The van der Waals surface area contributed by atoms with Crippen LogP contribution in [0, 0.1) is 22.0 Å². The van der Waals surface area contributed by atoms with E-state index in [1.165, 1.54) is 11.3 Å². The summed E-state index contributed by atoms with van der Waals surface area (Å²) in [6, 6.07) is 0. The highest BCUT2D eigenvalue weighted by molar-refractivity contribution is 7.19. The highest BCUT2D eigenvalue weighted by Gasteiger charge is 2.35. The molecule has 2 saturated heterocycles. The minimum atomic E-state index is -0.309. The van der Waals surface area contributed by atoms with Gasteiger partial charge < -0.3 is 19.3 Å². The van der Waals surface area contributed by atoms with Crippen LogP contribution in [0.1, 0.15) is 26.7 Å². The van der Waals surface area contributed by atoms with Crippen molar-refractivity contribution in [3.05, 3.63) is 10.1 Å². The van der Waals surface area contributed by atoms with Gasteiger partial charge in [0, 0.05) is 40.4 Å². The maximum atomic E-state index is 11.6. The first-order valence-electron chi connectivity index (χ1n) is 9.15. The van der Waals surface area contributed by atoms with Crippen molar-refractivity contribution in [3.63, 3.8) is 0 Å². The van der Waals surface area contributed by atoms with Crippen molar-refractivity contribution in [3.8, 4) is 0 Å². The van der Waals surface area contributed by atoms with Gasteiger partial charge in [0.15, 0.2) is 5.13 Å². The molecule has 2 aliphatic heterocycles. The molecule has 146 valence electrons. The molecule has 0 radical (unpaired) electrons. The SMILES string of the molecule is COC1CN(c2nc(N3CCC(C)C(OC)C3)c([N+](=O)[O-])s2)CCC1C. The number of rotatable bonds is 5. The molecule has 1 aromatic heterocycles. The van der Waals surface area contributed by atoms with Crippen LogP contribution in [0.4, 0.5) is 16.0 Å². The zero-order valence-electron chi connectivity index (χ0n) is 15.9. The van der Waals surface area contributed by atoms with Gasteiger partial charge in [-0.05, 0) is 36.0 Å². The van der Waals surface area contributed by atoms with E-state index >= 15 is 0 Å². The average molecular weight is 385 g/mol. The van der Waals surface area contributed by atoms with E-state index in [1.54, 1.807) is 14.2 Å². The van der Waals surface area contributed by atoms with Gasteiger partial charge in [-0.2, -0.15) is 4.98 Å². The monoisotopic (exact) mass is 384 g/mol. The molecule has 2 aliphatic rings. The minimum Gasteiger partial charge on any atom is -0.379 e. The molecule has 0 saturated carbocycles. The van der Waals surface area contributed by atoms with Gasteiger partial charge in [0.1, 0.15) is 0 Å². The van der Waals surface area contributed by atoms with Crippen molar-refractivity contribution in [2.24, 2.45) is 11.8 Å². The van der Waals surface area contributed by atoms with Crippen LogP contribution in [0.3, 0.4) is 0 Å². The molecule has 0 N–H and O–H groups in total. The van der Waals surface area contributed by atoms with Gasteiger partial charge in [0.05, 0.1) is 17.1 Å². The third kappa shape index (κ3) is 3.79. The lowest BCUT2D eigenvalue weighted by Gasteiger charge is -2.36. The number of methoxy groups -OCH3 is 2. The van der Waals surface area contributed by atoms with Crippen LogP contribution < -0.4 is 9.80 Å². The average Bonchev–Trinajstić information content (AvgIpc) is 3.08. The largest absolute Gasteiger partial charge is 0.379 e. The Hall–Kier alpha value is -1.45. The van der Waals surface area contributed by atoms with E-state index in [9.17, 15) is 10.1 Å². The lowest BCUT2D eigenvalue weighted by molar-refractivity contribution is -0.379. The van der Waals surface area contributed by atoms with Crippen LogP contribution >= 0.6 is 11.3 Å². The van der Waals surface area contributed by atoms with E-state index in [1.807, 2.05) is 4.90 Å². The van der Waals surface area contributed by atoms with Gasteiger partial charge in [-0.3, -0.25) is 10.1 Å². The van der Waals surface area contributed by atoms with Gasteiger partial charge in [0.25, 0.3) is 0 Å². The molecule has 2 fully saturated rings. The summed E-state index contributed by atoms with van der Waals surface area (Å²) >= 11 is 1.17. The highest BCUT2D eigenvalue weighted by atomic mass is 32.1. The fraction of sp³-hybridized carbons (Fsp3) is 0.824. The summed E-state index contributed by atoms with van der Waals surface area (Å²) in [7, 11) is 3.42. The second kappa shape index (κ2) is 8.06. The second-order valence-electron chi connectivity index (χ2n) is 7.35. The maximum Gasteiger partial charge on any atom is 0.369 e. The number of ether oxygens (including phenoxy) is 2. The van der Waals surface area contributed by atoms with Crippen LogP contribution in [-0.2, 0) is 9.47 Å². The molecule has 26 heavy (non-hydrogen) atoms. The molecular formula is C17H28N4O4S. The number of piperidine rings is 2. The standard InChI is InChI=1S/C17H28N4O4S/c1-11-5-7-19(9-13(11)24-3)15-16(21(22)23)26-17(18-15)20-8-6-12(2)14(10-20)25-4/h11-14H,5-10H2,1-4H3. The summed E-state index contributed by atoms with van der Waals surface area (Å²) < 4.78 is 11.1. The maximum absolute atomic E-state index is 11.6. The van der Waals surface area contributed by atoms with E-state index in [4.69, 9.17) is 9.47 Å². The quantitative estimate of drug-likeness (QED) is 0.570. The van der Waals surface area contributed by atoms with Gasteiger partial charge in [-0.15, -0.1) is 0 Å². The Labute approximate surface area is 158 Å². The molecule has 0 bridgehead atoms. The molecule has 9 heteroatoms. The summed E-state index contributed by atoms with van der Waals surface area (Å²) in [5, 5.41) is 12.5. The Bertz CT molecular complexity index is 640. The van der Waals surface area contributed by atoms with Crippen LogP contribution in [0.2, 0.25) is 0 Å². The Kier molecular flexibility index (Phi) is 5.99. The first-order chi connectivity index (χ1) is 12.4. The fourth-order valence-corrected chi connectivity index (χ4v) is 4.74. The van der Waals surface area contributed by atoms with Crippen molar-refractivity contribution in [1.82, 2.24) is 4.98 Å². The molecule has 0 amide bonds. The molecule has 8 nitrogen and oxygen atoms in total. The summed E-state index contributed by atoms with van der Waals surface area (Å²) in [5.41, 5.74) is 0. The van der Waals surface area contributed by atoms with E-state index in [0.29, 0.717) is 29.3 Å². The zero-order valence-corrected chi connectivity index (χ0v) is 16.7. The Morgan fingerprint density at radius 2 is 1.62 bits per heavy atom. The van der Waals surface area contributed by atoms with Gasteiger partial charge >= 0.3 is 5.00 Å². The molecule has 4 unspecified atom stereocenters. The lowest BCUT2D eigenvalue weighted by Crippen LogP contribution is -2.45. The van der Waals surface area contributed by atoms with Crippen molar-refractivity contribution >= 4 is 27.3 Å². The number of thiazole rings is 1. The summed E-state index contributed by atoms with van der Waals surface area (Å²) in [6.07, 6.45) is 2.13. The van der Waals surface area contributed by atoms with Gasteiger partial charge in [-0.1, -0.05) is 13.8 Å². The normalized spacial score (nSPS) is 29.8. The number of anilines is 2. The second-order valence-corrected chi connectivity index (χ2v) is 8.31. The molecule has 0 spiro atoms. The smallest absolute Gasteiger partial charge is 0.369 e. The highest BCUT2D eigenvalue weighted by Crippen LogP contribution is 2.41. The van der Waals surface area contributed by atoms with E-state index in [-0.39, 0.29) is 22.1 Å². The van der Waals surface area contributed by atoms with Gasteiger partial charge in [-0.25, -0.2) is 0 Å². The van der Waals surface area contributed by atoms with Crippen molar-refractivity contribution in [2.75, 3.05) is 50.2 Å². The predicted molar refractivity (Wildman–Crippen MR) is 102 cm³/mol. The molecular weight excluding hydrogens is 356 g/mol. The Morgan fingerprint density at radius 3 is 2.15 bits per heavy atom. The fourth-order valence-electron chi connectivity index (χ4n) is 3.80. The molecule has 4 atom stereocenters. The molecule has 1 aromatic rings. The van der Waals surface area contributed by atoms with Crippen molar-refractivity contribution < 1.29 is 14.4 Å². The molecule has 3 heterocycles.